The molecule has 0 saturated carbocycles. The Balaban J connectivity index is 0.00000576. The van der Waals surface area contributed by atoms with Crippen molar-refractivity contribution < 1.29 is 33.2 Å². The van der Waals surface area contributed by atoms with Crippen molar-refractivity contribution in [1.29, 1.82) is 0 Å². The van der Waals surface area contributed by atoms with Crippen molar-refractivity contribution in [2.24, 2.45) is 0 Å². The number of ether oxygens (including phenoxy) is 7. The zero-order valence-corrected chi connectivity index (χ0v) is 27.2. The summed E-state index contributed by atoms with van der Waals surface area (Å²) < 4.78 is 38.7. The van der Waals surface area contributed by atoms with Gasteiger partial charge in [-0.05, 0) is 48.5 Å². The highest BCUT2D eigenvalue weighted by Gasteiger charge is 2.16. The molecule has 248 valence electrons. The zero-order chi connectivity index (χ0) is 32.3. The predicted octanol–water partition coefficient (Wildman–Crippen LogP) is 6.09. The van der Waals surface area contributed by atoms with Crippen LogP contribution >= 0.6 is 0 Å². The molecule has 4 aromatic rings. The quantitative estimate of drug-likeness (QED) is 0.134. The molecule has 11 heteroatoms. The predicted molar refractivity (Wildman–Crippen MR) is 183 cm³/mol. The molecule has 0 bridgehead atoms. The van der Waals surface area contributed by atoms with Crippen molar-refractivity contribution in [3.05, 3.63) is 60.9 Å². The number of anilines is 2. The van der Waals surface area contributed by atoms with Crippen molar-refractivity contribution in [1.82, 2.24) is 9.97 Å². The summed E-state index contributed by atoms with van der Waals surface area (Å²) in [7, 11) is 13.6. The van der Waals surface area contributed by atoms with Crippen LogP contribution in [0.4, 0.5) is 11.4 Å². The Morgan fingerprint density at radius 1 is 0.522 bits per heavy atom. The fourth-order valence-electron chi connectivity index (χ4n) is 4.79. The van der Waals surface area contributed by atoms with Crippen molar-refractivity contribution in [2.45, 2.75) is 7.43 Å². The number of benzene rings is 2. The van der Waals surface area contributed by atoms with E-state index in [1.807, 2.05) is 75.0 Å². The molecular weight excluding hydrogens is 588 g/mol. The molecule has 4 rings (SSSR count). The smallest absolute Gasteiger partial charge is 0.203 e. The lowest BCUT2D eigenvalue weighted by Gasteiger charge is -2.21. The number of hydrogen-bond donors (Lipinski definition) is 0. The lowest BCUT2D eigenvalue weighted by atomic mass is 10.1. The lowest BCUT2D eigenvalue weighted by molar-refractivity contribution is 0.147. The summed E-state index contributed by atoms with van der Waals surface area (Å²) in [4.78, 5) is 13.6. The summed E-state index contributed by atoms with van der Waals surface area (Å²) in [6.45, 7) is 2.61. The third kappa shape index (κ3) is 8.22. The first kappa shape index (κ1) is 35.6. The van der Waals surface area contributed by atoms with E-state index >= 15 is 0 Å². The van der Waals surface area contributed by atoms with E-state index < -0.39 is 0 Å². The molecule has 0 aliphatic rings. The molecule has 11 nitrogen and oxygen atoms in total. The molecule has 0 atom stereocenters. The maximum Gasteiger partial charge on any atom is 0.203 e. The normalized spacial score (nSPS) is 10.4. The summed E-state index contributed by atoms with van der Waals surface area (Å²) in [5.74, 6) is 3.44. The minimum atomic E-state index is 0. The van der Waals surface area contributed by atoms with Crippen LogP contribution in [-0.2, 0) is 4.74 Å². The Kier molecular flexibility index (Phi) is 13.1. The van der Waals surface area contributed by atoms with Crippen LogP contribution in [0.3, 0.4) is 0 Å². The van der Waals surface area contributed by atoms with Crippen LogP contribution in [-0.4, -0.2) is 93.0 Å². The van der Waals surface area contributed by atoms with Crippen molar-refractivity contribution >= 4 is 11.4 Å². The molecule has 0 spiro atoms. The largest absolute Gasteiger partial charge is 0.493 e. The van der Waals surface area contributed by atoms with E-state index in [4.69, 9.17) is 33.2 Å². The van der Waals surface area contributed by atoms with Gasteiger partial charge in [-0.2, -0.15) is 0 Å². The van der Waals surface area contributed by atoms with Gasteiger partial charge in [0.05, 0.1) is 91.0 Å². The third-order valence-corrected chi connectivity index (χ3v) is 7.44. The summed E-state index contributed by atoms with van der Waals surface area (Å²) in [6.07, 6.45) is 3.70. The molecule has 2 aromatic carbocycles. The average Bonchev–Trinajstić information content (AvgIpc) is 3.09. The summed E-state index contributed by atoms with van der Waals surface area (Å²) in [6, 6.07) is 15.6. The van der Waals surface area contributed by atoms with E-state index in [0.29, 0.717) is 47.7 Å². The van der Waals surface area contributed by atoms with Gasteiger partial charge in [-0.3, -0.25) is 9.97 Å². The highest BCUT2D eigenvalue weighted by atomic mass is 16.5. The van der Waals surface area contributed by atoms with Gasteiger partial charge < -0.3 is 43.0 Å². The Morgan fingerprint density at radius 2 is 0.870 bits per heavy atom. The monoisotopic (exact) mass is 634 g/mol. The molecule has 2 aromatic heterocycles. The van der Waals surface area contributed by atoms with Crippen LogP contribution in [0.25, 0.3) is 22.5 Å². The van der Waals surface area contributed by atoms with E-state index in [1.54, 1.807) is 42.7 Å². The Morgan fingerprint density at radius 3 is 1.13 bits per heavy atom. The minimum absolute atomic E-state index is 0. The summed E-state index contributed by atoms with van der Waals surface area (Å²) in [5, 5.41) is 0. The summed E-state index contributed by atoms with van der Waals surface area (Å²) in [5.41, 5.74) is 5.33. The van der Waals surface area contributed by atoms with E-state index in [2.05, 4.69) is 19.8 Å². The molecular formula is C35H46N4O7. The Bertz CT molecular complexity index is 1370. The highest BCUT2D eigenvalue weighted by Crippen LogP contribution is 2.42. The Labute approximate surface area is 272 Å². The number of aromatic nitrogens is 2. The topological polar surface area (TPSA) is 96.9 Å². The third-order valence-electron chi connectivity index (χ3n) is 7.44. The van der Waals surface area contributed by atoms with Gasteiger partial charge >= 0.3 is 0 Å². The molecule has 2 heterocycles. The molecule has 0 amide bonds. The van der Waals surface area contributed by atoms with Crippen LogP contribution < -0.4 is 38.2 Å². The number of hydrogen-bond acceptors (Lipinski definition) is 11. The molecule has 46 heavy (non-hydrogen) atoms. The standard InChI is InChI=1S/C34H42N4O7.CH4/c1-37(25-9-11-27(35-21-25)23-17-29(39-3)33(43-7)30(18-23)40-4)13-15-45-16-14-38(2)26-10-12-28(36-22-26)24-19-31(41-5)34(44-8)32(20-24)42-6;/h9-12,17-22H,13-16H2,1-8H3;1H4. The van der Waals surface area contributed by atoms with Crippen molar-refractivity contribution in [3.63, 3.8) is 0 Å². The lowest BCUT2D eigenvalue weighted by Crippen LogP contribution is -2.26. The number of rotatable bonds is 16. The second-order valence-electron chi connectivity index (χ2n) is 10.1. The van der Waals surface area contributed by atoms with Gasteiger partial charge in [0.1, 0.15) is 0 Å². The maximum atomic E-state index is 5.95. The molecule has 0 radical (unpaired) electrons. The van der Waals surface area contributed by atoms with Gasteiger partial charge in [0, 0.05) is 38.3 Å². The SMILES string of the molecule is C.COc1cc(-c2ccc(N(C)CCOCCN(C)c3ccc(-c4cc(OC)c(OC)c(OC)c4)nc3)cn2)cc(OC)c1OC. The number of nitrogens with zero attached hydrogens (tertiary/aromatic N) is 4. The van der Waals surface area contributed by atoms with Crippen LogP contribution in [0.2, 0.25) is 0 Å². The molecule has 0 aliphatic carbocycles. The molecule has 0 fully saturated rings. The summed E-state index contributed by atoms with van der Waals surface area (Å²) >= 11 is 0. The van der Waals surface area contributed by atoms with Crippen LogP contribution in [0.1, 0.15) is 7.43 Å². The van der Waals surface area contributed by atoms with E-state index in [0.717, 1.165) is 47.0 Å². The minimum Gasteiger partial charge on any atom is -0.493 e. The van der Waals surface area contributed by atoms with Crippen LogP contribution in [0, 0.1) is 0 Å². The average molecular weight is 635 g/mol. The first-order valence-electron chi connectivity index (χ1n) is 14.4. The van der Waals surface area contributed by atoms with Crippen LogP contribution in [0.15, 0.2) is 60.9 Å². The molecule has 0 saturated heterocycles. The maximum absolute atomic E-state index is 5.95. The number of pyridine rings is 2. The fraction of sp³-hybridized carbons (Fsp3) is 0.371. The highest BCUT2D eigenvalue weighted by molar-refractivity contribution is 5.70. The van der Waals surface area contributed by atoms with Gasteiger partial charge in [0.15, 0.2) is 23.0 Å². The first-order valence-corrected chi connectivity index (χ1v) is 14.4. The number of likely N-dealkylation sites (N-methyl/N-ethyl adjacent to an activating group) is 2. The first-order chi connectivity index (χ1) is 21.9. The zero-order valence-electron chi connectivity index (χ0n) is 27.2. The van der Waals surface area contributed by atoms with Crippen molar-refractivity contribution in [3.8, 4) is 57.0 Å². The van der Waals surface area contributed by atoms with Gasteiger partial charge in [-0.1, -0.05) is 7.43 Å². The van der Waals surface area contributed by atoms with Gasteiger partial charge in [-0.25, -0.2) is 0 Å². The van der Waals surface area contributed by atoms with Crippen molar-refractivity contribution in [2.75, 3.05) is 92.9 Å². The molecule has 0 N–H and O–H groups in total. The van der Waals surface area contributed by atoms with Gasteiger partial charge in [-0.15, -0.1) is 0 Å². The molecule has 0 aliphatic heterocycles. The Hall–Kier alpha value is -4.90. The second-order valence-corrected chi connectivity index (χ2v) is 10.1. The van der Waals surface area contributed by atoms with E-state index in [-0.39, 0.29) is 7.43 Å². The van der Waals surface area contributed by atoms with Crippen LogP contribution in [0.5, 0.6) is 34.5 Å². The second kappa shape index (κ2) is 17.0. The molecule has 0 unspecified atom stereocenters. The fourth-order valence-corrected chi connectivity index (χ4v) is 4.79. The van der Waals surface area contributed by atoms with E-state index in [9.17, 15) is 0 Å². The van der Waals surface area contributed by atoms with E-state index in [1.165, 1.54) is 0 Å². The number of methoxy groups -OCH3 is 6. The van der Waals surface area contributed by atoms with Gasteiger partial charge in [0.25, 0.3) is 0 Å². The van der Waals surface area contributed by atoms with Gasteiger partial charge in [0.2, 0.25) is 11.5 Å².